The second-order valence-corrected chi connectivity index (χ2v) is 4.43. The van der Waals surface area contributed by atoms with Gasteiger partial charge in [0.2, 0.25) is 0 Å². The molecule has 2 aromatic rings. The predicted molar refractivity (Wildman–Crippen MR) is 67.7 cm³/mol. The Balaban J connectivity index is 2.27. The van der Waals surface area contributed by atoms with E-state index in [4.69, 9.17) is 11.6 Å². The number of hydrogen-bond donors (Lipinski definition) is 1. The highest BCUT2D eigenvalue weighted by Gasteiger charge is 2.04. The molecule has 0 saturated heterocycles. The molecule has 1 N–H and O–H groups in total. The summed E-state index contributed by atoms with van der Waals surface area (Å²) in [6.07, 6.45) is 1.78. The molecule has 0 fully saturated rings. The Hall–Kier alpha value is -1.28. The van der Waals surface area contributed by atoms with Gasteiger partial charge >= 0.3 is 0 Å². The molecule has 0 saturated carbocycles. The van der Waals surface area contributed by atoms with Gasteiger partial charge < -0.3 is 4.98 Å². The Labute approximate surface area is 101 Å². The smallest absolute Gasteiger partial charge is 0.137 e. The summed E-state index contributed by atoms with van der Waals surface area (Å²) in [6, 6.07) is 8.46. The van der Waals surface area contributed by atoms with Gasteiger partial charge in [-0.25, -0.2) is 4.98 Å². The Morgan fingerprint density at radius 1 is 1.25 bits per heavy atom. The highest BCUT2D eigenvalue weighted by atomic mass is 35.5. The van der Waals surface area contributed by atoms with Gasteiger partial charge in [0.25, 0.3) is 0 Å². The van der Waals surface area contributed by atoms with E-state index in [2.05, 4.69) is 48.1 Å². The minimum atomic E-state index is 0.469. The summed E-state index contributed by atoms with van der Waals surface area (Å²) in [6.45, 7) is 4.38. The van der Waals surface area contributed by atoms with Gasteiger partial charge in [-0.15, -0.1) is 11.6 Å². The van der Waals surface area contributed by atoms with Crippen molar-refractivity contribution in [2.24, 2.45) is 0 Å². The number of aromatic nitrogens is 2. The number of hydrogen-bond acceptors (Lipinski definition) is 1. The first-order valence-electron chi connectivity index (χ1n) is 5.41. The zero-order valence-corrected chi connectivity index (χ0v) is 10.3. The third kappa shape index (κ3) is 2.27. The minimum absolute atomic E-state index is 0.469. The fraction of sp³-hybridized carbons (Fsp3) is 0.308. The first-order valence-corrected chi connectivity index (χ1v) is 5.94. The van der Waals surface area contributed by atoms with Crippen LogP contribution in [0.5, 0.6) is 0 Å². The maximum Gasteiger partial charge on any atom is 0.137 e. The predicted octanol–water partition coefficient (Wildman–Crippen LogP) is 3.94. The maximum absolute atomic E-state index is 5.72. The molecule has 0 atom stereocenters. The molecule has 84 valence electrons. The Morgan fingerprint density at radius 3 is 2.44 bits per heavy atom. The molecule has 0 radical (unpaired) electrons. The number of benzene rings is 1. The van der Waals surface area contributed by atoms with Crippen LogP contribution in [0.25, 0.3) is 11.4 Å². The van der Waals surface area contributed by atoms with E-state index in [0.29, 0.717) is 11.8 Å². The summed E-state index contributed by atoms with van der Waals surface area (Å²) in [7, 11) is 0. The van der Waals surface area contributed by atoms with E-state index in [9.17, 15) is 0 Å². The highest BCUT2D eigenvalue weighted by Crippen LogP contribution is 2.20. The first kappa shape index (κ1) is 11.2. The fourth-order valence-corrected chi connectivity index (χ4v) is 1.74. The number of imidazole rings is 1. The molecule has 0 aliphatic rings. The lowest BCUT2D eigenvalue weighted by Gasteiger charge is -2.05. The molecule has 0 amide bonds. The lowest BCUT2D eigenvalue weighted by Crippen LogP contribution is -1.87. The van der Waals surface area contributed by atoms with E-state index in [1.807, 2.05) is 0 Å². The molecule has 1 aromatic heterocycles. The number of halogens is 1. The molecule has 16 heavy (non-hydrogen) atoms. The number of aromatic amines is 1. The van der Waals surface area contributed by atoms with Crippen molar-refractivity contribution in [1.29, 1.82) is 0 Å². The minimum Gasteiger partial charge on any atom is -0.341 e. The van der Waals surface area contributed by atoms with Crippen LogP contribution >= 0.6 is 11.6 Å². The molecule has 2 nitrogen and oxygen atoms in total. The summed E-state index contributed by atoms with van der Waals surface area (Å²) in [5.41, 5.74) is 3.39. The van der Waals surface area contributed by atoms with Gasteiger partial charge in [0, 0.05) is 17.5 Å². The van der Waals surface area contributed by atoms with Crippen molar-refractivity contribution in [3.05, 3.63) is 41.7 Å². The van der Waals surface area contributed by atoms with Crippen LogP contribution in [0.4, 0.5) is 0 Å². The van der Waals surface area contributed by atoms with E-state index >= 15 is 0 Å². The zero-order chi connectivity index (χ0) is 11.5. The van der Waals surface area contributed by atoms with E-state index in [0.717, 1.165) is 17.1 Å². The lowest BCUT2D eigenvalue weighted by atomic mass is 10.0. The largest absolute Gasteiger partial charge is 0.341 e. The molecule has 0 spiro atoms. The van der Waals surface area contributed by atoms with Crippen LogP contribution in [0.3, 0.4) is 0 Å². The highest BCUT2D eigenvalue weighted by molar-refractivity contribution is 6.16. The molecular formula is C13H15ClN2. The van der Waals surface area contributed by atoms with Gasteiger partial charge in [-0.05, 0) is 11.5 Å². The normalized spacial score (nSPS) is 11.0. The second kappa shape index (κ2) is 4.71. The summed E-state index contributed by atoms with van der Waals surface area (Å²) < 4.78 is 0. The molecular weight excluding hydrogens is 220 g/mol. The van der Waals surface area contributed by atoms with Crippen LogP contribution in [-0.2, 0) is 5.88 Å². The summed E-state index contributed by atoms with van der Waals surface area (Å²) in [4.78, 5) is 7.48. The molecule has 1 heterocycles. The van der Waals surface area contributed by atoms with E-state index < -0.39 is 0 Å². The number of rotatable bonds is 3. The zero-order valence-electron chi connectivity index (χ0n) is 9.50. The van der Waals surface area contributed by atoms with Crippen LogP contribution in [0, 0.1) is 0 Å². The van der Waals surface area contributed by atoms with Crippen molar-refractivity contribution in [1.82, 2.24) is 9.97 Å². The molecule has 0 bridgehead atoms. The molecule has 2 rings (SSSR count). The summed E-state index contributed by atoms with van der Waals surface area (Å²) >= 11 is 5.72. The van der Waals surface area contributed by atoms with Crippen molar-refractivity contribution >= 4 is 11.6 Å². The molecule has 3 heteroatoms. The Kier molecular flexibility index (Phi) is 3.30. The van der Waals surface area contributed by atoms with E-state index in [-0.39, 0.29) is 0 Å². The average Bonchev–Trinajstić information content (AvgIpc) is 2.77. The van der Waals surface area contributed by atoms with Crippen LogP contribution in [0.15, 0.2) is 30.5 Å². The van der Waals surface area contributed by atoms with E-state index in [1.54, 1.807) is 6.20 Å². The van der Waals surface area contributed by atoms with Crippen molar-refractivity contribution in [2.45, 2.75) is 25.6 Å². The van der Waals surface area contributed by atoms with Crippen LogP contribution < -0.4 is 0 Å². The Bertz CT molecular complexity index is 457. The average molecular weight is 235 g/mol. The van der Waals surface area contributed by atoms with Crippen molar-refractivity contribution < 1.29 is 0 Å². The van der Waals surface area contributed by atoms with Gasteiger partial charge in [0.05, 0.1) is 5.88 Å². The number of H-pyrrole nitrogens is 1. The number of nitrogens with one attached hydrogen (secondary N) is 1. The third-order valence-electron chi connectivity index (χ3n) is 2.62. The van der Waals surface area contributed by atoms with Crippen LogP contribution in [-0.4, -0.2) is 9.97 Å². The van der Waals surface area contributed by atoms with Gasteiger partial charge in [-0.1, -0.05) is 38.1 Å². The summed E-state index contributed by atoms with van der Waals surface area (Å²) in [5, 5.41) is 0. The lowest BCUT2D eigenvalue weighted by molar-refractivity contribution is 0.867. The SMILES string of the molecule is CC(C)c1ccc(-c2ncc(CCl)[nH]2)cc1. The van der Waals surface area contributed by atoms with Crippen molar-refractivity contribution in [3.63, 3.8) is 0 Å². The van der Waals surface area contributed by atoms with Crippen LogP contribution in [0.2, 0.25) is 0 Å². The topological polar surface area (TPSA) is 28.7 Å². The van der Waals surface area contributed by atoms with Crippen molar-refractivity contribution in [2.75, 3.05) is 0 Å². The third-order valence-corrected chi connectivity index (χ3v) is 2.91. The first-order chi connectivity index (χ1) is 7.70. The molecule has 0 aliphatic carbocycles. The summed E-state index contributed by atoms with van der Waals surface area (Å²) in [5.74, 6) is 1.91. The standard InChI is InChI=1S/C13H15ClN2/c1-9(2)10-3-5-11(6-4-10)13-15-8-12(7-14)16-13/h3-6,8-9H,7H2,1-2H3,(H,15,16). The van der Waals surface area contributed by atoms with E-state index in [1.165, 1.54) is 5.56 Å². The van der Waals surface area contributed by atoms with Gasteiger partial charge in [0.1, 0.15) is 5.82 Å². The van der Waals surface area contributed by atoms with Gasteiger partial charge in [-0.3, -0.25) is 0 Å². The molecule has 1 aromatic carbocycles. The fourth-order valence-electron chi connectivity index (χ4n) is 1.60. The quantitative estimate of drug-likeness (QED) is 0.801. The van der Waals surface area contributed by atoms with Crippen molar-refractivity contribution in [3.8, 4) is 11.4 Å². The van der Waals surface area contributed by atoms with Gasteiger partial charge in [0.15, 0.2) is 0 Å². The molecule has 0 aliphatic heterocycles. The Morgan fingerprint density at radius 2 is 1.94 bits per heavy atom. The van der Waals surface area contributed by atoms with Gasteiger partial charge in [-0.2, -0.15) is 0 Å². The number of nitrogens with zero attached hydrogens (tertiary/aromatic N) is 1. The molecule has 0 unspecified atom stereocenters. The maximum atomic E-state index is 5.72. The second-order valence-electron chi connectivity index (χ2n) is 4.17. The monoisotopic (exact) mass is 234 g/mol. The number of alkyl halides is 1. The van der Waals surface area contributed by atoms with Crippen LogP contribution in [0.1, 0.15) is 31.0 Å².